The van der Waals surface area contributed by atoms with Gasteiger partial charge in [0.05, 0.1) is 26.9 Å². The second-order valence-corrected chi connectivity index (χ2v) is 10.3. The molecule has 1 aromatic carbocycles. The van der Waals surface area contributed by atoms with Gasteiger partial charge in [0.1, 0.15) is 5.69 Å². The molecule has 1 aliphatic carbocycles. The van der Waals surface area contributed by atoms with E-state index in [4.69, 9.17) is 0 Å². The maximum absolute atomic E-state index is 12.9. The van der Waals surface area contributed by atoms with Gasteiger partial charge < -0.3 is 10.4 Å². The Bertz CT molecular complexity index is 1160. The summed E-state index contributed by atoms with van der Waals surface area (Å²) in [5, 5.41) is 12.0. The van der Waals surface area contributed by atoms with Gasteiger partial charge in [0.2, 0.25) is 0 Å². The highest BCUT2D eigenvalue weighted by molar-refractivity contribution is 7.92. The van der Waals surface area contributed by atoms with Gasteiger partial charge in [0, 0.05) is 12.7 Å². The van der Waals surface area contributed by atoms with Crippen LogP contribution in [0.3, 0.4) is 0 Å². The predicted molar refractivity (Wildman–Crippen MR) is 107 cm³/mol. The summed E-state index contributed by atoms with van der Waals surface area (Å²) in [6.07, 6.45) is -8.88. The number of carbonyl (C=O) groups is 1. The fourth-order valence-electron chi connectivity index (χ4n) is 3.72. The molecule has 6 nitrogen and oxygen atoms in total. The average molecular weight is 510 g/mol. The van der Waals surface area contributed by atoms with Crippen molar-refractivity contribution < 1.29 is 44.7 Å². The zero-order valence-corrected chi connectivity index (χ0v) is 18.3. The number of aromatic nitrogens is 1. The number of aliphatic hydroxyl groups is 1. The molecule has 0 radical (unpaired) electrons. The molecule has 2 aromatic rings. The van der Waals surface area contributed by atoms with Gasteiger partial charge >= 0.3 is 12.4 Å². The van der Waals surface area contributed by atoms with Crippen LogP contribution >= 0.6 is 0 Å². The van der Waals surface area contributed by atoms with Crippen molar-refractivity contribution >= 4 is 15.7 Å². The van der Waals surface area contributed by atoms with Crippen LogP contribution in [-0.4, -0.2) is 41.8 Å². The van der Waals surface area contributed by atoms with Gasteiger partial charge in [-0.3, -0.25) is 9.78 Å². The number of nitrogens with zero attached hydrogens (tertiary/aromatic N) is 1. The summed E-state index contributed by atoms with van der Waals surface area (Å²) in [5.41, 5.74) is -4.19. The van der Waals surface area contributed by atoms with E-state index in [9.17, 15) is 44.7 Å². The average Bonchev–Trinajstić information content (AvgIpc) is 2.77. The first-order valence-corrected chi connectivity index (χ1v) is 11.6. The Balaban J connectivity index is 1.63. The van der Waals surface area contributed by atoms with Crippen molar-refractivity contribution in [3.63, 3.8) is 0 Å². The highest BCUT2D eigenvalue weighted by atomic mass is 32.2. The minimum atomic E-state index is -4.70. The van der Waals surface area contributed by atoms with Crippen LogP contribution < -0.4 is 5.32 Å². The summed E-state index contributed by atoms with van der Waals surface area (Å²) in [5.74, 6) is -0.946. The number of benzene rings is 1. The summed E-state index contributed by atoms with van der Waals surface area (Å²) in [4.78, 5) is 15.3. The van der Waals surface area contributed by atoms with Crippen molar-refractivity contribution in [1.82, 2.24) is 10.3 Å². The smallest absolute Gasteiger partial charge is 0.388 e. The number of hydrogen-bond donors (Lipinski definition) is 2. The topological polar surface area (TPSA) is 96.4 Å². The van der Waals surface area contributed by atoms with Gasteiger partial charge in [-0.1, -0.05) is 6.07 Å². The molecule has 34 heavy (non-hydrogen) atoms. The molecule has 1 amide bonds. The minimum Gasteiger partial charge on any atom is -0.388 e. The zero-order chi connectivity index (χ0) is 25.4. The Labute approximate surface area is 190 Å². The number of hydrogen-bond acceptors (Lipinski definition) is 5. The lowest BCUT2D eigenvalue weighted by molar-refractivity contribution is -0.138. The van der Waals surface area contributed by atoms with Gasteiger partial charge in [0.15, 0.2) is 9.84 Å². The lowest BCUT2D eigenvalue weighted by Gasteiger charge is -2.35. The van der Waals surface area contributed by atoms with Crippen LogP contribution in [0.5, 0.6) is 0 Å². The van der Waals surface area contributed by atoms with E-state index >= 15 is 0 Å². The van der Waals surface area contributed by atoms with Crippen molar-refractivity contribution in [3.8, 4) is 0 Å². The Morgan fingerprint density at radius 1 is 1.03 bits per heavy atom. The molecule has 0 atom stereocenters. The molecule has 0 unspecified atom stereocenters. The third-order valence-electron chi connectivity index (χ3n) is 5.69. The van der Waals surface area contributed by atoms with E-state index < -0.39 is 60.7 Å². The molecular formula is C21H20F6N2O4S. The third kappa shape index (κ3) is 5.87. The molecule has 3 rings (SSSR count). The summed E-state index contributed by atoms with van der Waals surface area (Å²) >= 11 is 0. The number of halogens is 6. The molecule has 1 aromatic heterocycles. The Morgan fingerprint density at radius 3 is 2.21 bits per heavy atom. The van der Waals surface area contributed by atoms with E-state index in [1.54, 1.807) is 0 Å². The third-order valence-corrected chi connectivity index (χ3v) is 7.95. The van der Waals surface area contributed by atoms with Crippen molar-refractivity contribution in [2.24, 2.45) is 0 Å². The maximum atomic E-state index is 12.9. The Hall–Kier alpha value is -2.67. The van der Waals surface area contributed by atoms with Crippen LogP contribution in [0.25, 0.3) is 0 Å². The van der Waals surface area contributed by atoms with Crippen LogP contribution in [0.15, 0.2) is 47.5 Å². The number of carbonyl (C=O) groups excluding carboxylic acids is 1. The van der Waals surface area contributed by atoms with E-state index in [0.717, 1.165) is 24.4 Å². The first kappa shape index (κ1) is 25.9. The zero-order valence-electron chi connectivity index (χ0n) is 17.4. The molecule has 0 spiro atoms. The molecule has 2 N–H and O–H groups in total. The normalized spacial score (nSPS) is 21.8. The number of alkyl halides is 6. The van der Waals surface area contributed by atoms with Crippen LogP contribution in [0.1, 0.15) is 47.3 Å². The number of pyridine rings is 1. The predicted octanol–water partition coefficient (Wildman–Crippen LogP) is 4.00. The molecule has 1 aliphatic rings. The summed E-state index contributed by atoms with van der Waals surface area (Å²) in [6, 6.07) is 4.69. The second-order valence-electron chi connectivity index (χ2n) is 8.10. The molecule has 1 heterocycles. The lowest BCUT2D eigenvalue weighted by Crippen LogP contribution is -2.47. The van der Waals surface area contributed by atoms with Crippen LogP contribution in [0.2, 0.25) is 0 Å². The standard InChI is InChI=1S/C21H20F6N2O4S/c22-20(23,24)13-2-1-3-16(10-13)34(32,33)15-4-7-19(31,8-5-15)12-29-18(30)17-11-14(6-9-28-17)21(25,26)27/h1-3,6,9-11,15,31H,4-5,7-8,12H2,(H,29,30)/t15-,19+. The van der Waals surface area contributed by atoms with E-state index in [1.165, 1.54) is 0 Å². The molecule has 0 saturated heterocycles. The fourth-order valence-corrected chi connectivity index (χ4v) is 5.52. The van der Waals surface area contributed by atoms with Gasteiger partial charge in [-0.05, 0) is 56.0 Å². The number of sulfone groups is 1. The number of amides is 1. The highest BCUT2D eigenvalue weighted by Crippen LogP contribution is 2.36. The summed E-state index contributed by atoms with van der Waals surface area (Å²) < 4.78 is 103. The first-order chi connectivity index (χ1) is 15.6. The van der Waals surface area contributed by atoms with E-state index in [0.29, 0.717) is 18.2 Å². The SMILES string of the molecule is O=C(NC[C@]1(O)CC[C@@H](S(=O)(=O)c2cccc(C(F)(F)F)c2)CC1)c1cc(C(F)(F)F)ccn1. The summed E-state index contributed by atoms with van der Waals surface area (Å²) in [6.45, 7) is -0.361. The molecule has 13 heteroatoms. The lowest BCUT2D eigenvalue weighted by atomic mass is 9.84. The van der Waals surface area contributed by atoms with Crippen molar-refractivity contribution in [2.45, 2.75) is 53.8 Å². The van der Waals surface area contributed by atoms with Gasteiger partial charge in [0.25, 0.3) is 5.91 Å². The first-order valence-electron chi connectivity index (χ1n) is 10.1. The largest absolute Gasteiger partial charge is 0.416 e. The van der Waals surface area contributed by atoms with Crippen molar-refractivity contribution in [2.75, 3.05) is 6.54 Å². The highest BCUT2D eigenvalue weighted by Gasteiger charge is 2.40. The van der Waals surface area contributed by atoms with Gasteiger partial charge in [-0.25, -0.2) is 8.42 Å². The molecule has 186 valence electrons. The van der Waals surface area contributed by atoms with Crippen molar-refractivity contribution in [1.29, 1.82) is 0 Å². The molecule has 0 aliphatic heterocycles. The molecule has 1 fully saturated rings. The number of rotatable bonds is 5. The van der Waals surface area contributed by atoms with E-state index in [1.807, 2.05) is 0 Å². The van der Waals surface area contributed by atoms with Gasteiger partial charge in [-0.2, -0.15) is 26.3 Å². The van der Waals surface area contributed by atoms with Crippen LogP contribution in [0.4, 0.5) is 26.3 Å². The molecular weight excluding hydrogens is 490 g/mol. The monoisotopic (exact) mass is 510 g/mol. The van der Waals surface area contributed by atoms with E-state index in [-0.39, 0.29) is 32.2 Å². The summed E-state index contributed by atoms with van der Waals surface area (Å²) in [7, 11) is -4.10. The van der Waals surface area contributed by atoms with Gasteiger partial charge in [-0.15, -0.1) is 0 Å². The van der Waals surface area contributed by atoms with E-state index in [2.05, 4.69) is 10.3 Å². The maximum Gasteiger partial charge on any atom is 0.416 e. The Kier molecular flexibility index (Phi) is 7.00. The Morgan fingerprint density at radius 2 is 1.62 bits per heavy atom. The second kappa shape index (κ2) is 9.17. The molecule has 0 bridgehead atoms. The quantitative estimate of drug-likeness (QED) is 0.593. The van der Waals surface area contributed by atoms with Crippen LogP contribution in [0, 0.1) is 0 Å². The minimum absolute atomic E-state index is 0.0766. The van der Waals surface area contributed by atoms with Crippen molar-refractivity contribution in [3.05, 3.63) is 59.4 Å². The van der Waals surface area contributed by atoms with Crippen LogP contribution in [-0.2, 0) is 22.2 Å². The molecule has 1 saturated carbocycles. The fraction of sp³-hybridized carbons (Fsp3) is 0.429. The number of nitrogens with one attached hydrogen (secondary N) is 1.